The highest BCUT2D eigenvalue weighted by Gasteiger charge is 2.39. The molecule has 0 unspecified atom stereocenters. The van der Waals surface area contributed by atoms with Crippen LogP contribution in [-0.2, 0) is 4.74 Å². The van der Waals surface area contributed by atoms with Crippen molar-refractivity contribution in [3.8, 4) is 22.8 Å². The predicted octanol–water partition coefficient (Wildman–Crippen LogP) is 1.29. The minimum absolute atomic E-state index is 0.177. The maximum Gasteiger partial charge on any atom is 0.228 e. The zero-order valence-corrected chi connectivity index (χ0v) is 15.5. The summed E-state index contributed by atoms with van der Waals surface area (Å²) >= 11 is 0. The van der Waals surface area contributed by atoms with Crippen LogP contribution in [0.1, 0.15) is 0 Å². The summed E-state index contributed by atoms with van der Waals surface area (Å²) in [5, 5.41) is 29.5. The van der Waals surface area contributed by atoms with Crippen LogP contribution in [0.4, 0.5) is 0 Å². The molecular weight excluding hydrogens is 380 g/mol. The first-order chi connectivity index (χ1) is 14.0. The third-order valence-electron chi connectivity index (χ3n) is 4.78. The fourth-order valence-electron chi connectivity index (χ4n) is 3.12. The lowest BCUT2D eigenvalue weighted by molar-refractivity contribution is -0.242. The summed E-state index contributed by atoms with van der Waals surface area (Å²) in [6.45, 7) is -0.177. The Balaban J connectivity index is 1.61. The third kappa shape index (κ3) is 3.83. The van der Waals surface area contributed by atoms with Gasteiger partial charge in [0.15, 0.2) is 5.43 Å². The van der Waals surface area contributed by atoms with E-state index in [1.165, 1.54) is 12.1 Å². The number of benzene rings is 2. The molecule has 0 amide bonds. The van der Waals surface area contributed by atoms with Crippen LogP contribution in [-0.4, -0.2) is 53.6 Å². The molecule has 0 saturated carbocycles. The van der Waals surface area contributed by atoms with Gasteiger partial charge < -0.3 is 33.9 Å². The van der Waals surface area contributed by atoms with E-state index in [0.717, 1.165) is 5.56 Å². The van der Waals surface area contributed by atoms with Gasteiger partial charge in [0.05, 0.1) is 19.1 Å². The van der Waals surface area contributed by atoms with Crippen LogP contribution in [0, 0.1) is 0 Å². The first-order valence-electron chi connectivity index (χ1n) is 9.01. The minimum atomic E-state index is -1.43. The SMILES string of the molecule is COc1ccc(-c2cc(=O)c3cc(O[C@H]4OC[C@@H](O)[C@@H](O)[C@H]4O)ccc3o2)cc1. The molecule has 0 spiro atoms. The van der Waals surface area contributed by atoms with E-state index in [9.17, 15) is 20.1 Å². The number of hydrogen-bond donors (Lipinski definition) is 3. The van der Waals surface area contributed by atoms with Crippen molar-refractivity contribution >= 4 is 11.0 Å². The van der Waals surface area contributed by atoms with Crippen molar-refractivity contribution in [2.45, 2.75) is 24.6 Å². The van der Waals surface area contributed by atoms with Gasteiger partial charge in [0.2, 0.25) is 6.29 Å². The quantitative estimate of drug-likeness (QED) is 0.600. The fourth-order valence-corrected chi connectivity index (χ4v) is 3.12. The zero-order chi connectivity index (χ0) is 20.5. The Kier molecular flexibility index (Phi) is 5.25. The molecule has 0 bridgehead atoms. The van der Waals surface area contributed by atoms with Crippen LogP contribution in [0.3, 0.4) is 0 Å². The van der Waals surface area contributed by atoms with Gasteiger partial charge in [0, 0.05) is 11.6 Å². The summed E-state index contributed by atoms with van der Waals surface area (Å²) in [5.74, 6) is 1.38. The summed E-state index contributed by atoms with van der Waals surface area (Å²) in [6.07, 6.45) is -5.17. The molecule has 2 heterocycles. The Morgan fingerprint density at radius 1 is 0.966 bits per heavy atom. The molecule has 1 aliphatic rings. The van der Waals surface area contributed by atoms with Gasteiger partial charge in [-0.2, -0.15) is 0 Å². The lowest BCUT2D eigenvalue weighted by atomic mass is 10.1. The Bertz CT molecular complexity index is 1060. The number of methoxy groups -OCH3 is 1. The van der Waals surface area contributed by atoms with Crippen LogP contribution in [0.15, 0.2) is 57.7 Å². The van der Waals surface area contributed by atoms with E-state index in [1.54, 1.807) is 43.5 Å². The molecule has 8 nitrogen and oxygen atoms in total. The van der Waals surface area contributed by atoms with E-state index in [-0.39, 0.29) is 17.8 Å². The van der Waals surface area contributed by atoms with Gasteiger partial charge >= 0.3 is 0 Å². The van der Waals surface area contributed by atoms with Gasteiger partial charge in [-0.15, -0.1) is 0 Å². The van der Waals surface area contributed by atoms with Crippen LogP contribution >= 0.6 is 0 Å². The van der Waals surface area contributed by atoms with Crippen molar-refractivity contribution in [2.75, 3.05) is 13.7 Å². The molecule has 1 fully saturated rings. The monoisotopic (exact) mass is 400 g/mol. The highest BCUT2D eigenvalue weighted by Crippen LogP contribution is 2.27. The average molecular weight is 400 g/mol. The van der Waals surface area contributed by atoms with Gasteiger partial charge in [0.1, 0.15) is 41.2 Å². The van der Waals surface area contributed by atoms with Gasteiger partial charge in [-0.05, 0) is 42.5 Å². The fraction of sp³-hybridized carbons (Fsp3) is 0.286. The molecule has 3 aromatic rings. The minimum Gasteiger partial charge on any atom is -0.497 e. The summed E-state index contributed by atoms with van der Waals surface area (Å²) < 4.78 is 21.8. The average Bonchev–Trinajstić information content (AvgIpc) is 2.74. The van der Waals surface area contributed by atoms with E-state index in [4.69, 9.17) is 18.6 Å². The molecule has 3 N–H and O–H groups in total. The maximum absolute atomic E-state index is 12.6. The highest BCUT2D eigenvalue weighted by molar-refractivity contribution is 5.80. The van der Waals surface area contributed by atoms with Crippen LogP contribution < -0.4 is 14.9 Å². The molecule has 1 aliphatic heterocycles. The molecule has 8 heteroatoms. The Morgan fingerprint density at radius 3 is 2.41 bits per heavy atom. The largest absolute Gasteiger partial charge is 0.497 e. The Hall–Kier alpha value is -2.91. The van der Waals surface area contributed by atoms with Gasteiger partial charge in [-0.3, -0.25) is 4.79 Å². The zero-order valence-electron chi connectivity index (χ0n) is 15.5. The van der Waals surface area contributed by atoms with Crippen molar-refractivity contribution < 1.29 is 33.9 Å². The van der Waals surface area contributed by atoms with E-state index < -0.39 is 24.6 Å². The Morgan fingerprint density at radius 2 is 1.69 bits per heavy atom. The summed E-state index contributed by atoms with van der Waals surface area (Å²) in [4.78, 5) is 12.6. The second-order valence-corrected chi connectivity index (χ2v) is 6.73. The first-order valence-corrected chi connectivity index (χ1v) is 9.01. The molecule has 152 valence electrons. The molecule has 0 aliphatic carbocycles. The lowest BCUT2D eigenvalue weighted by Gasteiger charge is -2.34. The second kappa shape index (κ2) is 7.84. The molecule has 2 aromatic carbocycles. The van der Waals surface area contributed by atoms with Crippen molar-refractivity contribution in [3.05, 3.63) is 58.8 Å². The molecule has 1 saturated heterocycles. The van der Waals surface area contributed by atoms with E-state index in [1.807, 2.05) is 0 Å². The number of hydrogen-bond acceptors (Lipinski definition) is 8. The van der Waals surface area contributed by atoms with E-state index in [0.29, 0.717) is 22.5 Å². The molecule has 1 aromatic heterocycles. The highest BCUT2D eigenvalue weighted by atomic mass is 16.7. The van der Waals surface area contributed by atoms with Crippen LogP contribution in [0.2, 0.25) is 0 Å². The Labute approximate surface area is 165 Å². The van der Waals surface area contributed by atoms with Crippen LogP contribution in [0.5, 0.6) is 11.5 Å². The van der Waals surface area contributed by atoms with Gasteiger partial charge in [-0.25, -0.2) is 0 Å². The standard InChI is InChI=1S/C21H20O8/c1-26-12-4-2-11(3-5-12)18-9-15(22)14-8-13(6-7-17(14)29-18)28-21-20(25)19(24)16(23)10-27-21/h2-9,16,19-21,23-25H,10H2,1H3/t16-,19-,20-,21-/m1/s1. The summed E-state index contributed by atoms with van der Waals surface area (Å²) in [5.41, 5.74) is 0.843. The number of fused-ring (bicyclic) bond motifs is 1. The third-order valence-corrected chi connectivity index (χ3v) is 4.78. The molecular formula is C21H20O8. The molecule has 29 heavy (non-hydrogen) atoms. The van der Waals surface area contributed by atoms with Crippen molar-refractivity contribution in [1.29, 1.82) is 0 Å². The second-order valence-electron chi connectivity index (χ2n) is 6.73. The van der Waals surface area contributed by atoms with Crippen molar-refractivity contribution in [2.24, 2.45) is 0 Å². The lowest BCUT2D eigenvalue weighted by Crippen LogP contribution is -2.54. The van der Waals surface area contributed by atoms with Crippen LogP contribution in [0.25, 0.3) is 22.3 Å². The summed E-state index contributed by atoms with van der Waals surface area (Å²) in [7, 11) is 1.57. The molecule has 4 rings (SSSR count). The van der Waals surface area contributed by atoms with Crippen molar-refractivity contribution in [3.63, 3.8) is 0 Å². The number of ether oxygens (including phenoxy) is 3. The smallest absolute Gasteiger partial charge is 0.228 e. The van der Waals surface area contributed by atoms with Gasteiger partial charge in [-0.1, -0.05) is 0 Å². The molecule has 0 radical (unpaired) electrons. The number of aliphatic hydroxyl groups is 3. The normalized spacial score (nSPS) is 24.4. The van der Waals surface area contributed by atoms with E-state index in [2.05, 4.69) is 0 Å². The van der Waals surface area contributed by atoms with Gasteiger partial charge in [0.25, 0.3) is 0 Å². The predicted molar refractivity (Wildman–Crippen MR) is 103 cm³/mol. The van der Waals surface area contributed by atoms with E-state index >= 15 is 0 Å². The molecule has 4 atom stereocenters. The maximum atomic E-state index is 12.6. The van der Waals surface area contributed by atoms with Crippen molar-refractivity contribution in [1.82, 2.24) is 0 Å². The number of rotatable bonds is 4. The summed E-state index contributed by atoms with van der Waals surface area (Å²) in [6, 6.07) is 13.2. The number of aliphatic hydroxyl groups excluding tert-OH is 3. The topological polar surface area (TPSA) is 119 Å². The first kappa shape index (κ1) is 19.4.